The van der Waals surface area contributed by atoms with Crippen molar-refractivity contribution < 1.29 is 4.79 Å². The minimum absolute atomic E-state index is 0.0967. The fraction of sp³-hybridized carbons (Fsp3) is 0.500. The van der Waals surface area contributed by atoms with Crippen LogP contribution in [0, 0.1) is 0 Å². The van der Waals surface area contributed by atoms with Crippen molar-refractivity contribution in [2.45, 2.75) is 56.5 Å². The molecule has 29 heavy (non-hydrogen) atoms. The maximum absolute atomic E-state index is 13.2. The monoisotopic (exact) mass is 411 g/mol. The Morgan fingerprint density at radius 3 is 2.66 bits per heavy atom. The number of carbonyl (C=O) groups excluding carboxylic acids is 1. The summed E-state index contributed by atoms with van der Waals surface area (Å²) in [4.78, 5) is 13.2. The molecule has 3 heterocycles. The third kappa shape index (κ3) is 4.34. The molecule has 1 aliphatic rings. The van der Waals surface area contributed by atoms with E-state index in [4.69, 9.17) is 0 Å². The van der Waals surface area contributed by atoms with E-state index in [9.17, 15) is 4.79 Å². The second kappa shape index (κ2) is 9.03. The van der Waals surface area contributed by atoms with Crippen LogP contribution in [0.25, 0.3) is 5.65 Å². The van der Waals surface area contributed by atoms with Crippen molar-refractivity contribution in [3.63, 3.8) is 0 Å². The zero-order chi connectivity index (χ0) is 20.1. The van der Waals surface area contributed by atoms with E-state index in [1.54, 1.807) is 11.8 Å². The lowest BCUT2D eigenvalue weighted by Gasteiger charge is -2.39. The summed E-state index contributed by atoms with van der Waals surface area (Å²) < 4.78 is 4.24. The molecule has 1 N–H and O–H groups in total. The number of aromatic nitrogens is 4. The predicted molar refractivity (Wildman–Crippen MR) is 117 cm³/mol. The first-order chi connectivity index (χ1) is 14.2. The Morgan fingerprint density at radius 2 is 1.90 bits per heavy atom. The Labute approximate surface area is 176 Å². The minimum Gasteiger partial charge on any atom is -0.348 e. The minimum atomic E-state index is -0.141. The Bertz CT molecular complexity index is 930. The van der Waals surface area contributed by atoms with Crippen molar-refractivity contribution in [2.24, 2.45) is 0 Å². The van der Waals surface area contributed by atoms with E-state index >= 15 is 0 Å². The summed E-state index contributed by atoms with van der Waals surface area (Å²) in [6, 6.07) is 9.82. The maximum Gasteiger partial charge on any atom is 0.222 e. The van der Waals surface area contributed by atoms with E-state index < -0.39 is 0 Å². The largest absolute Gasteiger partial charge is 0.348 e. The molecule has 0 bridgehead atoms. The molecule has 1 saturated carbocycles. The van der Waals surface area contributed by atoms with Crippen LogP contribution in [-0.4, -0.2) is 37.1 Å². The van der Waals surface area contributed by atoms with E-state index in [0.717, 1.165) is 36.5 Å². The highest BCUT2D eigenvalue weighted by atomic mass is 32.2. The molecule has 0 radical (unpaired) electrons. The number of nitrogens with one attached hydrogen (secondary N) is 1. The molecule has 1 unspecified atom stereocenters. The molecule has 1 fully saturated rings. The summed E-state index contributed by atoms with van der Waals surface area (Å²) in [6.07, 6.45) is 15.3. The lowest BCUT2D eigenvalue weighted by Crippen LogP contribution is -2.41. The van der Waals surface area contributed by atoms with Crippen molar-refractivity contribution in [1.29, 1.82) is 0 Å². The van der Waals surface area contributed by atoms with Gasteiger partial charge in [-0.25, -0.2) is 0 Å². The molecular formula is C22H29N5OS. The molecule has 4 rings (SSSR count). The second-order valence-corrected chi connectivity index (χ2v) is 8.93. The van der Waals surface area contributed by atoms with Gasteiger partial charge in [-0.05, 0) is 55.5 Å². The molecule has 1 aliphatic carbocycles. The van der Waals surface area contributed by atoms with Gasteiger partial charge >= 0.3 is 0 Å². The fourth-order valence-corrected chi connectivity index (χ4v) is 5.00. The first-order valence-corrected chi connectivity index (χ1v) is 11.8. The van der Waals surface area contributed by atoms with Gasteiger partial charge in [0, 0.05) is 18.6 Å². The van der Waals surface area contributed by atoms with E-state index in [0.29, 0.717) is 6.42 Å². The third-order valence-electron chi connectivity index (χ3n) is 6.02. The van der Waals surface area contributed by atoms with Gasteiger partial charge in [-0.3, -0.25) is 9.20 Å². The van der Waals surface area contributed by atoms with Gasteiger partial charge in [0.05, 0.1) is 18.0 Å². The number of amides is 1. The van der Waals surface area contributed by atoms with Gasteiger partial charge in [0.2, 0.25) is 5.91 Å². The molecule has 7 heteroatoms. The van der Waals surface area contributed by atoms with Gasteiger partial charge < -0.3 is 9.88 Å². The normalized spacial score (nSPS) is 17.3. The highest BCUT2D eigenvalue weighted by Crippen LogP contribution is 2.38. The standard InChI is InChI=1S/C22H29N5OS/c1-29-16-10-18(21-25-24-19-9-3-6-15-27(19)21)23-20(28)17-22(11-4-2-5-12-22)26-13-7-8-14-26/h3,6-9,13-15,18H,2,4-5,10-12,16-17H2,1H3,(H,23,28). The fourth-order valence-electron chi connectivity index (χ4n) is 4.53. The zero-order valence-electron chi connectivity index (χ0n) is 17.0. The molecule has 0 saturated heterocycles. The number of fused-ring (bicyclic) bond motifs is 1. The molecule has 3 aromatic heterocycles. The molecule has 0 aliphatic heterocycles. The maximum atomic E-state index is 13.2. The number of hydrogen-bond donors (Lipinski definition) is 1. The number of nitrogens with zero attached hydrogens (tertiary/aromatic N) is 4. The van der Waals surface area contributed by atoms with Crippen molar-refractivity contribution >= 4 is 23.3 Å². The van der Waals surface area contributed by atoms with Gasteiger partial charge in [0.25, 0.3) is 0 Å². The van der Waals surface area contributed by atoms with Crippen molar-refractivity contribution in [3.05, 3.63) is 54.7 Å². The molecule has 3 aromatic rings. The Balaban J connectivity index is 1.54. The predicted octanol–water partition coefficient (Wildman–Crippen LogP) is 4.19. The highest BCUT2D eigenvalue weighted by Gasteiger charge is 2.36. The van der Waals surface area contributed by atoms with Crippen molar-refractivity contribution in [1.82, 2.24) is 24.5 Å². The van der Waals surface area contributed by atoms with Crippen molar-refractivity contribution in [2.75, 3.05) is 12.0 Å². The zero-order valence-corrected chi connectivity index (χ0v) is 17.8. The van der Waals surface area contributed by atoms with Gasteiger partial charge in [-0.1, -0.05) is 25.3 Å². The van der Waals surface area contributed by atoms with Gasteiger partial charge in [-0.2, -0.15) is 11.8 Å². The number of rotatable bonds is 8. The second-order valence-electron chi connectivity index (χ2n) is 7.94. The van der Waals surface area contributed by atoms with E-state index in [1.165, 1.54) is 19.3 Å². The van der Waals surface area contributed by atoms with Crippen LogP contribution in [0.3, 0.4) is 0 Å². The smallest absolute Gasteiger partial charge is 0.222 e. The summed E-state index contributed by atoms with van der Waals surface area (Å²) in [6.45, 7) is 0. The van der Waals surface area contributed by atoms with E-state index in [2.05, 4.69) is 50.9 Å². The summed E-state index contributed by atoms with van der Waals surface area (Å²) in [5, 5.41) is 12.0. The van der Waals surface area contributed by atoms with Crippen LogP contribution < -0.4 is 5.32 Å². The Kier molecular flexibility index (Phi) is 6.23. The van der Waals surface area contributed by atoms with Gasteiger partial charge in [0.15, 0.2) is 11.5 Å². The van der Waals surface area contributed by atoms with Crippen LogP contribution in [0.15, 0.2) is 48.9 Å². The number of carbonyl (C=O) groups is 1. The number of pyridine rings is 1. The van der Waals surface area contributed by atoms with E-state index in [-0.39, 0.29) is 17.5 Å². The molecule has 6 nitrogen and oxygen atoms in total. The Morgan fingerprint density at radius 1 is 1.14 bits per heavy atom. The molecule has 0 aromatic carbocycles. The van der Waals surface area contributed by atoms with Crippen LogP contribution in [0.4, 0.5) is 0 Å². The highest BCUT2D eigenvalue weighted by molar-refractivity contribution is 7.98. The lowest BCUT2D eigenvalue weighted by molar-refractivity contribution is -0.124. The third-order valence-corrected chi connectivity index (χ3v) is 6.67. The van der Waals surface area contributed by atoms with Crippen LogP contribution in [-0.2, 0) is 10.3 Å². The number of hydrogen-bond acceptors (Lipinski definition) is 4. The molecule has 1 amide bonds. The number of thioether (sulfide) groups is 1. The average molecular weight is 412 g/mol. The van der Waals surface area contributed by atoms with Crippen molar-refractivity contribution in [3.8, 4) is 0 Å². The van der Waals surface area contributed by atoms with Gasteiger partial charge in [0.1, 0.15) is 0 Å². The molecular weight excluding hydrogens is 382 g/mol. The Hall–Kier alpha value is -2.28. The lowest BCUT2D eigenvalue weighted by atomic mass is 9.78. The van der Waals surface area contributed by atoms with Gasteiger partial charge in [-0.15, -0.1) is 10.2 Å². The average Bonchev–Trinajstić information content (AvgIpc) is 3.42. The first kappa shape index (κ1) is 20.0. The molecule has 154 valence electrons. The first-order valence-electron chi connectivity index (χ1n) is 10.4. The topological polar surface area (TPSA) is 64.2 Å². The molecule has 1 atom stereocenters. The summed E-state index contributed by atoms with van der Waals surface area (Å²) in [5.41, 5.74) is 0.699. The SMILES string of the molecule is CSCCC(NC(=O)CC1(n2cccc2)CCCCC1)c1nnc2ccccn12. The van der Waals surface area contributed by atoms with Crippen LogP contribution >= 0.6 is 11.8 Å². The van der Waals surface area contributed by atoms with Crippen LogP contribution in [0.5, 0.6) is 0 Å². The molecule has 0 spiro atoms. The van der Waals surface area contributed by atoms with Crippen LogP contribution in [0.1, 0.15) is 56.8 Å². The summed E-state index contributed by atoms with van der Waals surface area (Å²) >= 11 is 1.78. The van der Waals surface area contributed by atoms with E-state index in [1.807, 2.05) is 28.8 Å². The summed E-state index contributed by atoms with van der Waals surface area (Å²) in [5.74, 6) is 1.86. The van der Waals surface area contributed by atoms with Crippen LogP contribution in [0.2, 0.25) is 0 Å². The summed E-state index contributed by atoms with van der Waals surface area (Å²) in [7, 11) is 0. The quantitative estimate of drug-likeness (QED) is 0.604.